The molecule has 0 spiro atoms. The molecule has 2 N–H and O–H groups in total. The zero-order chi connectivity index (χ0) is 20.6. The summed E-state index contributed by atoms with van der Waals surface area (Å²) in [5.74, 6) is 2.49. The third-order valence-corrected chi connectivity index (χ3v) is 5.51. The van der Waals surface area contributed by atoms with Gasteiger partial charge >= 0.3 is 0 Å². The van der Waals surface area contributed by atoms with Crippen LogP contribution in [0.1, 0.15) is 32.2 Å². The van der Waals surface area contributed by atoms with E-state index in [2.05, 4.69) is 38.3 Å². The Hall–Kier alpha value is -2.55. The van der Waals surface area contributed by atoms with Crippen LogP contribution in [0.5, 0.6) is 11.5 Å². The SMILES string of the molecule is CCNC(=NCc1ccc(O)c(OCC)c1)N1CCN(c2nc(CC)ns2)CC1. The molecule has 0 aliphatic carbocycles. The molecule has 2 aromatic rings. The summed E-state index contributed by atoms with van der Waals surface area (Å²) in [5, 5.41) is 14.3. The second kappa shape index (κ2) is 10.3. The molecule has 1 saturated heterocycles. The van der Waals surface area contributed by atoms with Crippen molar-refractivity contribution in [1.29, 1.82) is 0 Å². The van der Waals surface area contributed by atoms with E-state index in [1.807, 2.05) is 19.1 Å². The number of nitrogens with zero attached hydrogens (tertiary/aromatic N) is 5. The van der Waals surface area contributed by atoms with Crippen LogP contribution in [0.15, 0.2) is 23.2 Å². The highest BCUT2D eigenvalue weighted by atomic mass is 32.1. The van der Waals surface area contributed by atoms with Gasteiger partial charge in [0.25, 0.3) is 0 Å². The van der Waals surface area contributed by atoms with Gasteiger partial charge in [-0.1, -0.05) is 13.0 Å². The fourth-order valence-electron chi connectivity index (χ4n) is 3.15. The van der Waals surface area contributed by atoms with E-state index < -0.39 is 0 Å². The van der Waals surface area contributed by atoms with E-state index >= 15 is 0 Å². The average molecular weight is 419 g/mol. The number of anilines is 1. The van der Waals surface area contributed by atoms with Gasteiger partial charge in [0.1, 0.15) is 5.82 Å². The van der Waals surface area contributed by atoms with E-state index in [1.54, 1.807) is 6.07 Å². The Balaban J connectivity index is 1.63. The summed E-state index contributed by atoms with van der Waals surface area (Å²) in [6.45, 7) is 11.5. The second-order valence-electron chi connectivity index (χ2n) is 6.73. The van der Waals surface area contributed by atoms with Gasteiger partial charge in [0, 0.05) is 50.7 Å². The lowest BCUT2D eigenvalue weighted by molar-refractivity contribution is 0.317. The monoisotopic (exact) mass is 418 g/mol. The summed E-state index contributed by atoms with van der Waals surface area (Å²) in [7, 11) is 0. The quantitative estimate of drug-likeness (QED) is 0.528. The van der Waals surface area contributed by atoms with Crippen LogP contribution in [-0.2, 0) is 13.0 Å². The number of aryl methyl sites for hydroxylation is 1. The van der Waals surface area contributed by atoms with E-state index in [4.69, 9.17) is 9.73 Å². The number of aromatic hydroxyl groups is 1. The Morgan fingerprint density at radius 2 is 2.03 bits per heavy atom. The van der Waals surface area contributed by atoms with Gasteiger partial charge in [-0.25, -0.2) is 9.98 Å². The molecule has 0 radical (unpaired) electrons. The van der Waals surface area contributed by atoms with Crippen LogP contribution < -0.4 is 15.0 Å². The van der Waals surface area contributed by atoms with Crippen molar-refractivity contribution in [2.24, 2.45) is 4.99 Å². The Labute approximate surface area is 176 Å². The third-order valence-electron chi connectivity index (χ3n) is 4.69. The molecule has 9 heteroatoms. The predicted octanol–water partition coefficient (Wildman–Crippen LogP) is 2.49. The van der Waals surface area contributed by atoms with Crippen molar-refractivity contribution in [2.75, 3.05) is 44.2 Å². The molecule has 3 rings (SSSR count). The number of benzene rings is 1. The van der Waals surface area contributed by atoms with Crippen LogP contribution in [0.2, 0.25) is 0 Å². The molecule has 1 aliphatic rings. The molecule has 158 valence electrons. The van der Waals surface area contributed by atoms with Crippen molar-refractivity contribution in [3.8, 4) is 11.5 Å². The summed E-state index contributed by atoms with van der Waals surface area (Å²) in [6.07, 6.45) is 0.871. The lowest BCUT2D eigenvalue weighted by atomic mass is 10.2. The molecule has 2 heterocycles. The predicted molar refractivity (Wildman–Crippen MR) is 117 cm³/mol. The minimum absolute atomic E-state index is 0.158. The summed E-state index contributed by atoms with van der Waals surface area (Å²) in [5.41, 5.74) is 1.00. The van der Waals surface area contributed by atoms with Crippen LogP contribution in [0, 0.1) is 0 Å². The van der Waals surface area contributed by atoms with Crippen LogP contribution in [-0.4, -0.2) is 64.7 Å². The maximum atomic E-state index is 9.87. The molecule has 0 amide bonds. The Kier molecular flexibility index (Phi) is 7.51. The molecule has 0 bridgehead atoms. The molecule has 1 aromatic heterocycles. The number of phenolic OH excluding ortho intramolecular Hbond substituents is 1. The van der Waals surface area contributed by atoms with E-state index in [9.17, 15) is 5.11 Å². The first-order valence-electron chi connectivity index (χ1n) is 10.2. The van der Waals surface area contributed by atoms with Gasteiger partial charge < -0.3 is 25.0 Å². The zero-order valence-corrected chi connectivity index (χ0v) is 18.2. The van der Waals surface area contributed by atoms with E-state index in [1.165, 1.54) is 11.5 Å². The number of nitrogens with one attached hydrogen (secondary N) is 1. The number of hydrogen-bond acceptors (Lipinski definition) is 7. The molecule has 8 nitrogen and oxygen atoms in total. The number of ether oxygens (including phenoxy) is 1. The molecule has 0 saturated carbocycles. The van der Waals surface area contributed by atoms with E-state index in [0.717, 1.165) is 61.6 Å². The van der Waals surface area contributed by atoms with Crippen molar-refractivity contribution < 1.29 is 9.84 Å². The Morgan fingerprint density at radius 3 is 2.69 bits per heavy atom. The van der Waals surface area contributed by atoms with Crippen LogP contribution in [0.3, 0.4) is 0 Å². The molecule has 0 atom stereocenters. The van der Waals surface area contributed by atoms with Crippen molar-refractivity contribution >= 4 is 22.6 Å². The Bertz CT molecular complexity index is 817. The van der Waals surface area contributed by atoms with Gasteiger partial charge in [0.05, 0.1) is 13.2 Å². The highest BCUT2D eigenvalue weighted by Gasteiger charge is 2.22. The first-order valence-corrected chi connectivity index (χ1v) is 11.0. The Morgan fingerprint density at radius 1 is 1.24 bits per heavy atom. The number of phenols is 1. The number of guanidine groups is 1. The van der Waals surface area contributed by atoms with Gasteiger partial charge in [0.2, 0.25) is 5.13 Å². The third kappa shape index (κ3) is 5.50. The maximum Gasteiger partial charge on any atom is 0.205 e. The van der Waals surface area contributed by atoms with E-state index in [-0.39, 0.29) is 5.75 Å². The smallest absolute Gasteiger partial charge is 0.205 e. The van der Waals surface area contributed by atoms with Crippen molar-refractivity contribution in [3.63, 3.8) is 0 Å². The van der Waals surface area contributed by atoms with Gasteiger partial charge in [-0.15, -0.1) is 0 Å². The lowest BCUT2D eigenvalue weighted by Crippen LogP contribution is -2.52. The summed E-state index contributed by atoms with van der Waals surface area (Å²) in [6, 6.07) is 5.39. The topological polar surface area (TPSA) is 86.1 Å². The largest absolute Gasteiger partial charge is 0.504 e. The summed E-state index contributed by atoms with van der Waals surface area (Å²) >= 11 is 1.48. The molecule has 1 aromatic carbocycles. The van der Waals surface area contributed by atoms with Crippen molar-refractivity contribution in [3.05, 3.63) is 29.6 Å². The standard InChI is InChI=1S/C20H30N6O2S/c1-4-18-23-20(29-24-18)26-11-9-25(10-12-26)19(21-5-2)22-14-15-7-8-16(27)17(13-15)28-6-3/h7-8,13,27H,4-6,9-12,14H2,1-3H3,(H,21,22). The van der Waals surface area contributed by atoms with Gasteiger partial charge in [0.15, 0.2) is 17.5 Å². The lowest BCUT2D eigenvalue weighted by Gasteiger charge is -2.36. The molecule has 29 heavy (non-hydrogen) atoms. The number of hydrogen-bond donors (Lipinski definition) is 2. The number of piperazine rings is 1. The number of aromatic nitrogens is 2. The minimum atomic E-state index is 0.158. The average Bonchev–Trinajstić information content (AvgIpc) is 3.23. The maximum absolute atomic E-state index is 9.87. The molecule has 1 fully saturated rings. The van der Waals surface area contributed by atoms with Gasteiger partial charge in [-0.05, 0) is 31.5 Å². The second-order valence-corrected chi connectivity index (χ2v) is 7.46. The molecule has 0 unspecified atom stereocenters. The zero-order valence-electron chi connectivity index (χ0n) is 17.4. The number of rotatable bonds is 7. The number of aliphatic imine (C=N–C) groups is 1. The fraction of sp³-hybridized carbons (Fsp3) is 0.550. The molecular formula is C20H30N6O2S. The van der Waals surface area contributed by atoms with Crippen molar-refractivity contribution in [1.82, 2.24) is 19.6 Å². The minimum Gasteiger partial charge on any atom is -0.504 e. The van der Waals surface area contributed by atoms with Gasteiger partial charge in [-0.2, -0.15) is 4.37 Å². The summed E-state index contributed by atoms with van der Waals surface area (Å²) < 4.78 is 9.87. The van der Waals surface area contributed by atoms with Gasteiger partial charge in [-0.3, -0.25) is 0 Å². The van der Waals surface area contributed by atoms with Crippen molar-refractivity contribution in [2.45, 2.75) is 33.7 Å². The van der Waals surface area contributed by atoms with E-state index in [0.29, 0.717) is 18.9 Å². The normalized spacial score (nSPS) is 14.9. The first kappa shape index (κ1) is 21.2. The fourth-order valence-corrected chi connectivity index (χ4v) is 3.95. The first-order chi connectivity index (χ1) is 14.1. The highest BCUT2D eigenvalue weighted by Crippen LogP contribution is 2.27. The summed E-state index contributed by atoms with van der Waals surface area (Å²) in [4.78, 5) is 14.0. The molecular weight excluding hydrogens is 388 g/mol. The van der Waals surface area contributed by atoms with Crippen LogP contribution in [0.25, 0.3) is 0 Å². The molecule has 1 aliphatic heterocycles. The highest BCUT2D eigenvalue weighted by molar-refractivity contribution is 7.09. The van der Waals surface area contributed by atoms with Crippen LogP contribution >= 0.6 is 11.5 Å². The van der Waals surface area contributed by atoms with Crippen LogP contribution in [0.4, 0.5) is 5.13 Å².